The molecule has 4 nitrogen and oxygen atoms in total. The van der Waals surface area contributed by atoms with Gasteiger partial charge in [0.2, 0.25) is 0 Å². The van der Waals surface area contributed by atoms with E-state index in [2.05, 4.69) is 48.7 Å². The summed E-state index contributed by atoms with van der Waals surface area (Å²) in [6.07, 6.45) is 2.58. The highest BCUT2D eigenvalue weighted by molar-refractivity contribution is 9.10. The molecule has 0 saturated carbocycles. The van der Waals surface area contributed by atoms with Crippen LogP contribution in [0.4, 0.5) is 0 Å². The van der Waals surface area contributed by atoms with Crippen LogP contribution in [0.2, 0.25) is 0 Å². The van der Waals surface area contributed by atoms with E-state index in [1.165, 1.54) is 5.69 Å². The van der Waals surface area contributed by atoms with Crippen molar-refractivity contribution >= 4 is 15.9 Å². The Labute approximate surface area is 124 Å². The van der Waals surface area contributed by atoms with E-state index in [9.17, 15) is 0 Å². The first-order valence-corrected chi connectivity index (χ1v) is 7.77. The highest BCUT2D eigenvalue weighted by atomic mass is 79.9. The third-order valence-electron chi connectivity index (χ3n) is 4.06. The zero-order valence-corrected chi connectivity index (χ0v) is 14.2. The molecule has 1 aromatic heterocycles. The number of aryl methyl sites for hydroxylation is 2. The number of aromatic nitrogens is 2. The Morgan fingerprint density at radius 3 is 2.47 bits per heavy atom. The molecule has 1 aromatic rings. The van der Waals surface area contributed by atoms with Crippen LogP contribution in [0.25, 0.3) is 0 Å². The van der Waals surface area contributed by atoms with Gasteiger partial charge in [-0.15, -0.1) is 0 Å². The number of nitrogens with zero attached hydrogens (tertiary/aromatic N) is 2. The third kappa shape index (κ3) is 3.38. The van der Waals surface area contributed by atoms with Crippen molar-refractivity contribution in [1.82, 2.24) is 9.78 Å². The van der Waals surface area contributed by atoms with Crippen LogP contribution in [0.5, 0.6) is 0 Å². The number of halogens is 1. The predicted octanol–water partition coefficient (Wildman–Crippen LogP) is 2.91. The lowest BCUT2D eigenvalue weighted by Gasteiger charge is -2.33. The number of nitrogens with two attached hydrogens (primary N) is 1. The molecule has 2 atom stereocenters. The maximum absolute atomic E-state index is 6.36. The first-order chi connectivity index (χ1) is 8.93. The second-order valence-corrected chi connectivity index (χ2v) is 5.85. The highest BCUT2D eigenvalue weighted by Crippen LogP contribution is 2.27. The Morgan fingerprint density at radius 2 is 2.05 bits per heavy atom. The van der Waals surface area contributed by atoms with Gasteiger partial charge in [-0.3, -0.25) is 4.68 Å². The molecule has 5 heteroatoms. The SMILES string of the molecule is CCc1nn(CC)c(CC(N)C(C)(CC)OC)c1Br. The molecule has 0 aliphatic rings. The van der Waals surface area contributed by atoms with Crippen LogP contribution in [0.1, 0.15) is 45.5 Å². The summed E-state index contributed by atoms with van der Waals surface area (Å²) in [5.41, 5.74) is 8.33. The lowest BCUT2D eigenvalue weighted by atomic mass is 9.90. The van der Waals surface area contributed by atoms with Crippen molar-refractivity contribution in [2.45, 2.75) is 65.1 Å². The standard InChI is InChI=1S/C14H26BrN3O/c1-6-10-13(15)11(18(8-3)17-10)9-12(16)14(4,7-2)19-5/h12H,6-9,16H2,1-5H3. The minimum atomic E-state index is -0.297. The molecule has 0 amide bonds. The maximum atomic E-state index is 6.36. The van der Waals surface area contributed by atoms with Crippen LogP contribution in [0.3, 0.4) is 0 Å². The minimum absolute atomic E-state index is 0.0505. The van der Waals surface area contributed by atoms with Gasteiger partial charge in [-0.2, -0.15) is 5.10 Å². The Balaban J connectivity index is 3.02. The van der Waals surface area contributed by atoms with E-state index in [0.29, 0.717) is 0 Å². The summed E-state index contributed by atoms with van der Waals surface area (Å²) in [4.78, 5) is 0. The minimum Gasteiger partial charge on any atom is -0.377 e. The van der Waals surface area contributed by atoms with Crippen molar-refractivity contribution in [1.29, 1.82) is 0 Å². The van der Waals surface area contributed by atoms with Gasteiger partial charge in [-0.1, -0.05) is 13.8 Å². The van der Waals surface area contributed by atoms with E-state index in [0.717, 1.165) is 36.0 Å². The van der Waals surface area contributed by atoms with Crippen molar-refractivity contribution in [3.8, 4) is 0 Å². The lowest BCUT2D eigenvalue weighted by molar-refractivity contribution is -0.0189. The summed E-state index contributed by atoms with van der Waals surface area (Å²) in [5.74, 6) is 0. The zero-order chi connectivity index (χ0) is 14.6. The average Bonchev–Trinajstić information content (AvgIpc) is 2.74. The van der Waals surface area contributed by atoms with E-state index in [1.54, 1.807) is 7.11 Å². The molecule has 0 saturated heterocycles. The van der Waals surface area contributed by atoms with Gasteiger partial charge in [0.1, 0.15) is 0 Å². The maximum Gasteiger partial charge on any atom is 0.0802 e. The average molecular weight is 332 g/mol. The highest BCUT2D eigenvalue weighted by Gasteiger charge is 2.31. The molecule has 2 N–H and O–H groups in total. The largest absolute Gasteiger partial charge is 0.377 e. The fraction of sp³-hybridized carbons (Fsp3) is 0.786. The van der Waals surface area contributed by atoms with Crippen molar-refractivity contribution < 1.29 is 4.74 Å². The van der Waals surface area contributed by atoms with Gasteiger partial charge in [-0.25, -0.2) is 0 Å². The van der Waals surface area contributed by atoms with Crippen molar-refractivity contribution in [3.63, 3.8) is 0 Å². The van der Waals surface area contributed by atoms with Gasteiger partial charge in [0.15, 0.2) is 0 Å². The van der Waals surface area contributed by atoms with Crippen LogP contribution < -0.4 is 5.73 Å². The molecule has 0 aromatic carbocycles. The topological polar surface area (TPSA) is 53.1 Å². The monoisotopic (exact) mass is 331 g/mol. The molecular weight excluding hydrogens is 306 g/mol. The summed E-state index contributed by atoms with van der Waals surface area (Å²) in [7, 11) is 1.73. The summed E-state index contributed by atoms with van der Waals surface area (Å²) in [6.45, 7) is 9.24. The summed E-state index contributed by atoms with van der Waals surface area (Å²) < 4.78 is 8.73. The number of hydrogen-bond donors (Lipinski definition) is 1. The number of rotatable bonds is 7. The van der Waals surface area contributed by atoms with Gasteiger partial charge >= 0.3 is 0 Å². The van der Waals surface area contributed by atoms with Crippen LogP contribution in [0, 0.1) is 0 Å². The van der Waals surface area contributed by atoms with Gasteiger partial charge < -0.3 is 10.5 Å². The quantitative estimate of drug-likeness (QED) is 0.835. The van der Waals surface area contributed by atoms with E-state index in [-0.39, 0.29) is 11.6 Å². The zero-order valence-electron chi connectivity index (χ0n) is 12.7. The fourth-order valence-electron chi connectivity index (χ4n) is 2.19. The molecule has 1 heterocycles. The van der Waals surface area contributed by atoms with Crippen LogP contribution in [-0.2, 0) is 24.1 Å². The first-order valence-electron chi connectivity index (χ1n) is 6.98. The van der Waals surface area contributed by atoms with Crippen LogP contribution in [0.15, 0.2) is 4.47 Å². The Bertz CT molecular complexity index is 413. The van der Waals surface area contributed by atoms with E-state index in [4.69, 9.17) is 10.5 Å². The van der Waals surface area contributed by atoms with E-state index < -0.39 is 0 Å². The molecule has 110 valence electrons. The number of ether oxygens (including phenoxy) is 1. The smallest absolute Gasteiger partial charge is 0.0802 e. The summed E-state index contributed by atoms with van der Waals surface area (Å²) in [6, 6.07) is -0.0505. The van der Waals surface area contributed by atoms with Crippen LogP contribution in [-0.4, -0.2) is 28.5 Å². The molecule has 19 heavy (non-hydrogen) atoms. The number of hydrogen-bond acceptors (Lipinski definition) is 3. The van der Waals surface area contributed by atoms with Crippen LogP contribution >= 0.6 is 15.9 Å². The third-order valence-corrected chi connectivity index (χ3v) is 4.98. The molecule has 0 aliphatic carbocycles. The Kier molecular flexibility index (Phi) is 6.02. The molecular formula is C14H26BrN3O. The Hall–Kier alpha value is -0.390. The molecule has 2 unspecified atom stereocenters. The fourth-order valence-corrected chi connectivity index (χ4v) is 2.92. The van der Waals surface area contributed by atoms with Gasteiger partial charge in [-0.05, 0) is 42.6 Å². The number of methoxy groups -OCH3 is 1. The Morgan fingerprint density at radius 1 is 1.42 bits per heavy atom. The first kappa shape index (κ1) is 16.7. The van der Waals surface area contributed by atoms with Crippen molar-refractivity contribution in [3.05, 3.63) is 15.9 Å². The molecule has 0 fully saturated rings. The molecule has 1 rings (SSSR count). The molecule has 0 spiro atoms. The van der Waals surface area contributed by atoms with Crippen molar-refractivity contribution in [2.75, 3.05) is 7.11 Å². The van der Waals surface area contributed by atoms with E-state index >= 15 is 0 Å². The van der Waals surface area contributed by atoms with Gasteiger partial charge in [0.25, 0.3) is 0 Å². The predicted molar refractivity (Wildman–Crippen MR) is 82.4 cm³/mol. The molecule has 0 radical (unpaired) electrons. The molecule has 0 bridgehead atoms. The van der Waals surface area contributed by atoms with Gasteiger partial charge in [0.05, 0.1) is 21.5 Å². The van der Waals surface area contributed by atoms with Crippen molar-refractivity contribution in [2.24, 2.45) is 5.73 Å². The summed E-state index contributed by atoms with van der Waals surface area (Å²) in [5, 5.41) is 4.61. The summed E-state index contributed by atoms with van der Waals surface area (Å²) >= 11 is 3.66. The van der Waals surface area contributed by atoms with E-state index in [1.807, 2.05) is 4.68 Å². The second kappa shape index (κ2) is 6.86. The molecule has 0 aliphatic heterocycles. The second-order valence-electron chi connectivity index (χ2n) is 5.06. The normalized spacial score (nSPS) is 16.4. The lowest BCUT2D eigenvalue weighted by Crippen LogP contribution is -2.48. The van der Waals surface area contributed by atoms with Gasteiger partial charge in [0, 0.05) is 26.1 Å².